The van der Waals surface area contributed by atoms with Crippen molar-refractivity contribution in [1.82, 2.24) is 14.3 Å². The molecule has 1 saturated carbocycles. The average molecular weight is 305 g/mol. The molecule has 0 spiro atoms. The smallest absolute Gasteiger partial charge is 0.136 e. The third kappa shape index (κ3) is 3.10. The van der Waals surface area contributed by atoms with Crippen molar-refractivity contribution < 1.29 is 4.55 Å². The second kappa shape index (κ2) is 5.30. The van der Waals surface area contributed by atoms with Crippen LogP contribution in [0.25, 0.3) is 11.0 Å². The molecule has 1 aliphatic rings. The molecule has 5 heteroatoms. The molecule has 0 radical (unpaired) electrons. The standard InChI is InChI=1S/C16H23N3OS/c1-11(18-21(20)16(2,3)4)12-5-8-15-14(9-12)17-10-19(15)13-6-7-13/h5,8-11,13,18H,6-7H2,1-4H3. The molecule has 1 fully saturated rings. The molecule has 1 N–H and O–H groups in total. The van der Waals surface area contributed by atoms with Crippen LogP contribution in [0.1, 0.15) is 58.2 Å². The highest BCUT2D eigenvalue weighted by Gasteiger charge is 2.29. The van der Waals surface area contributed by atoms with Gasteiger partial charge in [-0.2, -0.15) is 0 Å². The fraction of sp³-hybridized carbons (Fsp3) is 0.562. The molecule has 2 aromatic rings. The van der Waals surface area contributed by atoms with Crippen LogP contribution in [-0.2, 0) is 11.4 Å². The summed E-state index contributed by atoms with van der Waals surface area (Å²) >= 11 is -1.07. The fourth-order valence-electron chi connectivity index (χ4n) is 2.37. The Balaban J connectivity index is 1.80. The minimum absolute atomic E-state index is 0.0422. The number of nitrogens with zero attached hydrogens (tertiary/aromatic N) is 2. The van der Waals surface area contributed by atoms with Crippen molar-refractivity contribution in [3.63, 3.8) is 0 Å². The number of hydrogen-bond donors (Lipinski definition) is 1. The third-order valence-corrected chi connectivity index (χ3v) is 5.56. The molecule has 0 aliphatic heterocycles. The average Bonchev–Trinajstić information content (AvgIpc) is 3.17. The maximum Gasteiger partial charge on any atom is 0.136 e. The van der Waals surface area contributed by atoms with Gasteiger partial charge in [-0.05, 0) is 58.2 Å². The first kappa shape index (κ1) is 14.9. The molecule has 0 bridgehead atoms. The van der Waals surface area contributed by atoms with Crippen molar-refractivity contribution in [1.29, 1.82) is 0 Å². The Labute approximate surface area is 129 Å². The summed E-state index contributed by atoms with van der Waals surface area (Å²) < 4.78 is 17.4. The van der Waals surface area contributed by atoms with Gasteiger partial charge in [0.1, 0.15) is 4.75 Å². The predicted octanol–water partition coefficient (Wildman–Crippen LogP) is 3.48. The summed E-state index contributed by atoms with van der Waals surface area (Å²) in [6, 6.07) is 7.03. The summed E-state index contributed by atoms with van der Waals surface area (Å²) in [4.78, 5) is 4.51. The molecule has 4 nitrogen and oxygen atoms in total. The van der Waals surface area contributed by atoms with Crippen molar-refractivity contribution in [2.45, 2.75) is 57.4 Å². The molecule has 1 aromatic carbocycles. The normalized spacial score (nSPS) is 18.9. The van der Waals surface area contributed by atoms with Gasteiger partial charge in [0, 0.05) is 17.4 Å². The van der Waals surface area contributed by atoms with Gasteiger partial charge < -0.3 is 9.12 Å². The highest BCUT2D eigenvalue weighted by Crippen LogP contribution is 2.37. The number of fused-ring (bicyclic) bond motifs is 1. The van der Waals surface area contributed by atoms with Gasteiger partial charge in [0.2, 0.25) is 0 Å². The summed E-state index contributed by atoms with van der Waals surface area (Å²) in [5, 5.41) is 0. The van der Waals surface area contributed by atoms with E-state index in [1.807, 2.05) is 34.0 Å². The number of hydrogen-bond acceptors (Lipinski definition) is 3. The Kier molecular flexibility index (Phi) is 3.76. The van der Waals surface area contributed by atoms with E-state index >= 15 is 0 Å². The third-order valence-electron chi connectivity index (χ3n) is 3.88. The largest absolute Gasteiger partial charge is 0.598 e. The second-order valence-electron chi connectivity index (χ2n) is 6.85. The lowest BCUT2D eigenvalue weighted by Gasteiger charge is -2.26. The zero-order valence-electron chi connectivity index (χ0n) is 13.1. The maximum absolute atomic E-state index is 12.2. The van der Waals surface area contributed by atoms with E-state index in [1.54, 1.807) is 0 Å². The molecule has 21 heavy (non-hydrogen) atoms. The van der Waals surface area contributed by atoms with Gasteiger partial charge >= 0.3 is 0 Å². The minimum Gasteiger partial charge on any atom is -0.598 e. The monoisotopic (exact) mass is 305 g/mol. The summed E-state index contributed by atoms with van der Waals surface area (Å²) in [7, 11) is 0. The molecule has 2 unspecified atom stereocenters. The Morgan fingerprint density at radius 3 is 2.71 bits per heavy atom. The minimum atomic E-state index is -1.07. The second-order valence-corrected chi connectivity index (χ2v) is 8.85. The summed E-state index contributed by atoms with van der Waals surface area (Å²) in [5.74, 6) is 0. The topological polar surface area (TPSA) is 52.9 Å². The van der Waals surface area contributed by atoms with E-state index < -0.39 is 11.4 Å². The van der Waals surface area contributed by atoms with Crippen LogP contribution in [0.2, 0.25) is 0 Å². The maximum atomic E-state index is 12.2. The Hall–Kier alpha value is -1.04. The van der Waals surface area contributed by atoms with E-state index in [0.717, 1.165) is 11.1 Å². The fourth-order valence-corrected chi connectivity index (χ4v) is 3.18. The molecule has 2 atom stereocenters. The van der Waals surface area contributed by atoms with Crippen LogP contribution in [0.5, 0.6) is 0 Å². The molecule has 114 valence electrons. The summed E-state index contributed by atoms with van der Waals surface area (Å²) in [6.07, 6.45) is 4.46. The molecular weight excluding hydrogens is 282 g/mol. The van der Waals surface area contributed by atoms with Crippen molar-refractivity contribution in [2.75, 3.05) is 0 Å². The number of benzene rings is 1. The number of rotatable bonds is 4. The molecule has 3 rings (SSSR count). The highest BCUT2D eigenvalue weighted by atomic mass is 32.2. The lowest BCUT2D eigenvalue weighted by atomic mass is 10.1. The summed E-state index contributed by atoms with van der Waals surface area (Å²) in [6.45, 7) is 7.97. The zero-order valence-corrected chi connectivity index (χ0v) is 13.9. The van der Waals surface area contributed by atoms with Crippen LogP contribution in [-0.4, -0.2) is 18.9 Å². The van der Waals surface area contributed by atoms with E-state index in [4.69, 9.17) is 0 Å². The summed E-state index contributed by atoms with van der Waals surface area (Å²) in [5.41, 5.74) is 3.35. The Morgan fingerprint density at radius 2 is 2.10 bits per heavy atom. The molecule has 0 amide bonds. The van der Waals surface area contributed by atoms with Gasteiger partial charge in [0.15, 0.2) is 0 Å². The Bertz CT molecular complexity index is 642. The van der Waals surface area contributed by atoms with Crippen LogP contribution in [0.15, 0.2) is 24.5 Å². The molecule has 0 saturated heterocycles. The van der Waals surface area contributed by atoms with E-state index in [0.29, 0.717) is 6.04 Å². The van der Waals surface area contributed by atoms with E-state index in [1.165, 1.54) is 18.4 Å². The van der Waals surface area contributed by atoms with Gasteiger partial charge in [0.05, 0.1) is 23.4 Å². The highest BCUT2D eigenvalue weighted by molar-refractivity contribution is 7.90. The van der Waals surface area contributed by atoms with Crippen molar-refractivity contribution in [2.24, 2.45) is 0 Å². The van der Waals surface area contributed by atoms with Crippen molar-refractivity contribution in [3.05, 3.63) is 30.1 Å². The first-order valence-electron chi connectivity index (χ1n) is 7.51. The van der Waals surface area contributed by atoms with Gasteiger partial charge in [-0.15, -0.1) is 4.72 Å². The van der Waals surface area contributed by atoms with E-state index in [9.17, 15) is 4.55 Å². The van der Waals surface area contributed by atoms with Crippen LogP contribution >= 0.6 is 0 Å². The predicted molar refractivity (Wildman–Crippen MR) is 87.5 cm³/mol. The van der Waals surface area contributed by atoms with Crippen LogP contribution < -0.4 is 4.72 Å². The quantitative estimate of drug-likeness (QED) is 0.880. The first-order chi connectivity index (χ1) is 9.86. The van der Waals surface area contributed by atoms with Crippen LogP contribution in [0, 0.1) is 0 Å². The zero-order chi connectivity index (χ0) is 15.2. The van der Waals surface area contributed by atoms with Crippen molar-refractivity contribution >= 4 is 22.4 Å². The Morgan fingerprint density at radius 1 is 1.38 bits per heavy atom. The van der Waals surface area contributed by atoms with Crippen molar-refractivity contribution in [3.8, 4) is 0 Å². The van der Waals surface area contributed by atoms with Gasteiger partial charge in [0.25, 0.3) is 0 Å². The molecular formula is C16H23N3OS. The SMILES string of the molecule is CC(N[S+]([O-])C(C)(C)C)c1ccc2c(c1)ncn2C1CC1. The molecule has 1 aromatic heterocycles. The van der Waals surface area contributed by atoms with Gasteiger partial charge in [-0.25, -0.2) is 4.98 Å². The van der Waals surface area contributed by atoms with Crippen LogP contribution in [0.4, 0.5) is 0 Å². The first-order valence-corrected chi connectivity index (χ1v) is 8.66. The molecule has 1 heterocycles. The van der Waals surface area contributed by atoms with Gasteiger partial charge in [-0.1, -0.05) is 6.07 Å². The number of nitrogens with one attached hydrogen (secondary N) is 1. The van der Waals surface area contributed by atoms with Crippen LogP contribution in [0.3, 0.4) is 0 Å². The van der Waals surface area contributed by atoms with E-state index in [-0.39, 0.29) is 10.8 Å². The lowest BCUT2D eigenvalue weighted by molar-refractivity contribution is 0.531. The number of imidazole rings is 1. The molecule has 1 aliphatic carbocycles. The lowest BCUT2D eigenvalue weighted by Crippen LogP contribution is -2.40. The van der Waals surface area contributed by atoms with Gasteiger partial charge in [-0.3, -0.25) is 0 Å². The number of aromatic nitrogens is 2. The van der Waals surface area contributed by atoms with E-state index in [2.05, 4.69) is 32.5 Å².